The summed E-state index contributed by atoms with van der Waals surface area (Å²) in [5.41, 5.74) is 1.43. The third kappa shape index (κ3) is 3.18. The zero-order valence-corrected chi connectivity index (χ0v) is 10.0. The largest absolute Gasteiger partial charge is 0.381 e. The Morgan fingerprint density at radius 2 is 2.24 bits per heavy atom. The summed E-state index contributed by atoms with van der Waals surface area (Å²) in [6.07, 6.45) is 3.93. The molecule has 0 radical (unpaired) electrons. The molecule has 1 N–H and O–H groups in total. The first-order chi connectivity index (χ1) is 8.29. The number of nitrogens with zero attached hydrogens (tertiary/aromatic N) is 2. The van der Waals surface area contributed by atoms with Crippen LogP contribution in [0.4, 0.5) is 5.69 Å². The van der Waals surface area contributed by atoms with E-state index in [1.54, 1.807) is 12.3 Å². The van der Waals surface area contributed by atoms with Gasteiger partial charge in [-0.15, -0.1) is 0 Å². The highest BCUT2D eigenvalue weighted by atomic mass is 16.5. The molecule has 1 aromatic rings. The molecule has 1 fully saturated rings. The van der Waals surface area contributed by atoms with Gasteiger partial charge in [-0.1, -0.05) is 0 Å². The quantitative estimate of drug-likeness (QED) is 0.866. The second kappa shape index (κ2) is 5.65. The fourth-order valence-electron chi connectivity index (χ4n) is 2.14. The molecule has 4 heteroatoms. The molecule has 0 saturated carbocycles. The van der Waals surface area contributed by atoms with E-state index in [2.05, 4.69) is 17.2 Å². The van der Waals surface area contributed by atoms with Gasteiger partial charge in [0.2, 0.25) is 0 Å². The summed E-state index contributed by atoms with van der Waals surface area (Å²) in [5, 5.41) is 12.1. The zero-order valence-electron chi connectivity index (χ0n) is 10.0. The van der Waals surface area contributed by atoms with Crippen LogP contribution in [0.3, 0.4) is 0 Å². The summed E-state index contributed by atoms with van der Waals surface area (Å²) in [6.45, 7) is 3.92. The molecule has 0 spiro atoms. The zero-order chi connectivity index (χ0) is 12.1. The van der Waals surface area contributed by atoms with Crippen molar-refractivity contribution in [2.45, 2.75) is 25.8 Å². The second-order valence-electron chi connectivity index (χ2n) is 4.43. The minimum Gasteiger partial charge on any atom is -0.381 e. The van der Waals surface area contributed by atoms with Gasteiger partial charge in [-0.25, -0.2) is 4.98 Å². The van der Waals surface area contributed by atoms with Gasteiger partial charge in [-0.3, -0.25) is 0 Å². The Bertz CT molecular complexity index is 390. The Hall–Kier alpha value is -1.60. The van der Waals surface area contributed by atoms with Gasteiger partial charge in [0.05, 0.1) is 11.9 Å². The molecule has 0 aliphatic carbocycles. The standard InChI is InChI=1S/C13H17N3O/c1-10(11-4-6-17-7-5-11)16-13-3-2-12(8-14)15-9-13/h2-3,9-11,16H,4-7H2,1H3. The van der Waals surface area contributed by atoms with Gasteiger partial charge < -0.3 is 10.1 Å². The van der Waals surface area contributed by atoms with Crippen LogP contribution in [-0.4, -0.2) is 24.2 Å². The number of anilines is 1. The lowest BCUT2D eigenvalue weighted by molar-refractivity contribution is 0.0622. The highest BCUT2D eigenvalue weighted by Crippen LogP contribution is 2.21. The normalized spacial score (nSPS) is 18.4. The van der Waals surface area contributed by atoms with Gasteiger partial charge >= 0.3 is 0 Å². The Morgan fingerprint density at radius 3 is 2.82 bits per heavy atom. The fourth-order valence-corrected chi connectivity index (χ4v) is 2.14. The van der Waals surface area contributed by atoms with Gasteiger partial charge in [0, 0.05) is 19.3 Å². The SMILES string of the molecule is CC(Nc1ccc(C#N)nc1)C1CCOCC1. The van der Waals surface area contributed by atoms with Crippen molar-refractivity contribution in [2.75, 3.05) is 18.5 Å². The van der Waals surface area contributed by atoms with E-state index in [0.29, 0.717) is 17.7 Å². The highest BCUT2D eigenvalue weighted by Gasteiger charge is 2.20. The molecule has 1 unspecified atom stereocenters. The molecule has 17 heavy (non-hydrogen) atoms. The summed E-state index contributed by atoms with van der Waals surface area (Å²) in [7, 11) is 0. The van der Waals surface area contributed by atoms with E-state index in [4.69, 9.17) is 10.00 Å². The number of ether oxygens (including phenoxy) is 1. The van der Waals surface area contributed by atoms with Crippen molar-refractivity contribution in [3.63, 3.8) is 0 Å². The molecular formula is C13H17N3O. The highest BCUT2D eigenvalue weighted by molar-refractivity contribution is 5.43. The van der Waals surface area contributed by atoms with Crippen molar-refractivity contribution in [3.05, 3.63) is 24.0 Å². The molecule has 2 heterocycles. The van der Waals surface area contributed by atoms with Crippen LogP contribution in [0.15, 0.2) is 18.3 Å². The molecule has 1 saturated heterocycles. The molecule has 1 aromatic heterocycles. The number of aromatic nitrogens is 1. The van der Waals surface area contributed by atoms with E-state index in [-0.39, 0.29) is 0 Å². The summed E-state index contributed by atoms with van der Waals surface area (Å²) in [4.78, 5) is 4.05. The van der Waals surface area contributed by atoms with Gasteiger partial charge in [0.25, 0.3) is 0 Å². The van der Waals surface area contributed by atoms with E-state index < -0.39 is 0 Å². The molecule has 90 valence electrons. The fraction of sp³-hybridized carbons (Fsp3) is 0.538. The van der Waals surface area contributed by atoms with Crippen LogP contribution >= 0.6 is 0 Å². The Balaban J connectivity index is 1.92. The molecule has 0 amide bonds. The maximum Gasteiger partial charge on any atom is 0.140 e. The number of nitrogens with one attached hydrogen (secondary N) is 1. The van der Waals surface area contributed by atoms with E-state index in [0.717, 1.165) is 31.7 Å². The number of rotatable bonds is 3. The first kappa shape index (κ1) is 11.9. The van der Waals surface area contributed by atoms with Gasteiger partial charge in [0.15, 0.2) is 0 Å². The van der Waals surface area contributed by atoms with Gasteiger partial charge in [-0.05, 0) is 37.8 Å². The summed E-state index contributed by atoms with van der Waals surface area (Å²) in [6, 6.07) is 6.07. The Labute approximate surface area is 102 Å². The molecule has 1 aliphatic rings. The van der Waals surface area contributed by atoms with Crippen molar-refractivity contribution in [2.24, 2.45) is 5.92 Å². The predicted octanol–water partition coefficient (Wildman–Crippen LogP) is 2.18. The van der Waals surface area contributed by atoms with Crippen molar-refractivity contribution >= 4 is 5.69 Å². The lowest BCUT2D eigenvalue weighted by Crippen LogP contribution is -2.30. The van der Waals surface area contributed by atoms with Crippen LogP contribution in [-0.2, 0) is 4.74 Å². The van der Waals surface area contributed by atoms with E-state index >= 15 is 0 Å². The van der Waals surface area contributed by atoms with E-state index in [1.165, 1.54) is 0 Å². The topological polar surface area (TPSA) is 57.9 Å². The maximum atomic E-state index is 8.67. The van der Waals surface area contributed by atoms with Crippen molar-refractivity contribution in [1.29, 1.82) is 5.26 Å². The molecule has 0 aromatic carbocycles. The molecule has 1 aliphatic heterocycles. The van der Waals surface area contributed by atoms with Crippen LogP contribution < -0.4 is 5.32 Å². The average molecular weight is 231 g/mol. The molecule has 2 rings (SSSR count). The summed E-state index contributed by atoms with van der Waals surface area (Å²) in [5.74, 6) is 0.652. The molecular weight excluding hydrogens is 214 g/mol. The van der Waals surface area contributed by atoms with E-state index in [1.807, 2.05) is 12.1 Å². The smallest absolute Gasteiger partial charge is 0.140 e. The third-order valence-corrected chi connectivity index (χ3v) is 3.25. The second-order valence-corrected chi connectivity index (χ2v) is 4.43. The van der Waals surface area contributed by atoms with Crippen LogP contribution in [0.25, 0.3) is 0 Å². The predicted molar refractivity (Wildman–Crippen MR) is 65.6 cm³/mol. The first-order valence-corrected chi connectivity index (χ1v) is 6.00. The van der Waals surface area contributed by atoms with Crippen LogP contribution in [0, 0.1) is 17.2 Å². The summed E-state index contributed by atoms with van der Waals surface area (Å²) < 4.78 is 5.35. The maximum absolute atomic E-state index is 8.67. The van der Waals surface area contributed by atoms with Crippen molar-refractivity contribution in [1.82, 2.24) is 4.98 Å². The average Bonchev–Trinajstić information content (AvgIpc) is 2.40. The van der Waals surface area contributed by atoms with Gasteiger partial charge in [0.1, 0.15) is 11.8 Å². The first-order valence-electron chi connectivity index (χ1n) is 6.00. The number of hydrogen-bond acceptors (Lipinski definition) is 4. The van der Waals surface area contributed by atoms with Crippen LogP contribution in [0.2, 0.25) is 0 Å². The minimum absolute atomic E-state index is 0.411. The number of hydrogen-bond donors (Lipinski definition) is 1. The van der Waals surface area contributed by atoms with Crippen molar-refractivity contribution in [3.8, 4) is 6.07 Å². The summed E-state index contributed by atoms with van der Waals surface area (Å²) >= 11 is 0. The van der Waals surface area contributed by atoms with Crippen LogP contribution in [0.1, 0.15) is 25.5 Å². The van der Waals surface area contributed by atoms with Gasteiger partial charge in [-0.2, -0.15) is 5.26 Å². The lowest BCUT2D eigenvalue weighted by Gasteiger charge is -2.28. The Morgan fingerprint density at radius 1 is 1.47 bits per heavy atom. The van der Waals surface area contributed by atoms with E-state index in [9.17, 15) is 0 Å². The molecule has 0 bridgehead atoms. The molecule has 4 nitrogen and oxygen atoms in total. The third-order valence-electron chi connectivity index (χ3n) is 3.25. The number of pyridine rings is 1. The monoisotopic (exact) mass is 231 g/mol. The lowest BCUT2D eigenvalue weighted by atomic mass is 9.93. The van der Waals surface area contributed by atoms with Crippen LogP contribution in [0.5, 0.6) is 0 Å². The van der Waals surface area contributed by atoms with Crippen molar-refractivity contribution < 1.29 is 4.74 Å². The number of nitriles is 1. The minimum atomic E-state index is 0.411. The molecule has 1 atom stereocenters. The Kier molecular flexibility index (Phi) is 3.94.